The number of carbonyl (C=O) groups excluding carboxylic acids is 2. The molecule has 9 heteroatoms. The van der Waals surface area contributed by atoms with Gasteiger partial charge in [-0.05, 0) is 83.9 Å². The predicted octanol–water partition coefficient (Wildman–Crippen LogP) is 7.05. The van der Waals surface area contributed by atoms with Gasteiger partial charge in [0.05, 0.1) is 4.47 Å². The highest BCUT2D eigenvalue weighted by Crippen LogP contribution is 2.34. The summed E-state index contributed by atoms with van der Waals surface area (Å²) in [4.78, 5) is 25.2. The van der Waals surface area contributed by atoms with Crippen molar-refractivity contribution in [1.29, 1.82) is 5.26 Å². The summed E-state index contributed by atoms with van der Waals surface area (Å²) in [5.41, 5.74) is 3.53. The molecular weight excluding hydrogens is 598 g/mol. The summed E-state index contributed by atoms with van der Waals surface area (Å²) in [6.45, 7) is 3.62. The second kappa shape index (κ2) is 12.0. The van der Waals surface area contributed by atoms with Crippen molar-refractivity contribution in [2.24, 2.45) is 0 Å². The smallest absolute Gasteiger partial charge is 0.266 e. The van der Waals surface area contributed by atoms with Crippen LogP contribution in [0.15, 0.2) is 69.1 Å². The Kier molecular flexibility index (Phi) is 9.10. The normalized spacial score (nSPS) is 10.9. The Morgan fingerprint density at radius 3 is 2.43 bits per heavy atom. The maximum atomic E-state index is 12.7. The summed E-state index contributed by atoms with van der Waals surface area (Å²) in [6, 6.07) is 17.6. The Hall–Kier alpha value is -3.12. The maximum absolute atomic E-state index is 12.7. The number of hydrogen-bond acceptors (Lipinski definition) is 4. The van der Waals surface area contributed by atoms with Crippen molar-refractivity contribution in [1.82, 2.24) is 0 Å². The fraction of sp³-hybridized carbons (Fsp3) is 0.115. The molecule has 0 saturated heterocycles. The lowest BCUT2D eigenvalue weighted by Gasteiger charge is -2.14. The highest BCUT2D eigenvalue weighted by molar-refractivity contribution is 9.11. The lowest BCUT2D eigenvalue weighted by atomic mass is 10.1. The van der Waals surface area contributed by atoms with Crippen LogP contribution in [0, 0.1) is 25.2 Å². The van der Waals surface area contributed by atoms with E-state index >= 15 is 0 Å². The molecule has 0 aliphatic heterocycles. The van der Waals surface area contributed by atoms with Crippen molar-refractivity contribution < 1.29 is 14.3 Å². The van der Waals surface area contributed by atoms with E-state index in [0.29, 0.717) is 36.7 Å². The van der Waals surface area contributed by atoms with Crippen molar-refractivity contribution in [2.45, 2.75) is 13.8 Å². The number of amides is 2. The lowest BCUT2D eigenvalue weighted by molar-refractivity contribution is -0.118. The monoisotopic (exact) mass is 615 g/mol. The second-order valence-corrected chi connectivity index (χ2v) is 9.80. The molecule has 0 aliphatic carbocycles. The van der Waals surface area contributed by atoms with Gasteiger partial charge in [0.25, 0.3) is 11.8 Å². The van der Waals surface area contributed by atoms with E-state index in [0.717, 1.165) is 11.1 Å². The quantitative estimate of drug-likeness (QED) is 0.220. The molecule has 3 aromatic rings. The van der Waals surface area contributed by atoms with Crippen molar-refractivity contribution in [3.63, 3.8) is 0 Å². The van der Waals surface area contributed by atoms with Crippen LogP contribution in [0.4, 0.5) is 11.4 Å². The summed E-state index contributed by atoms with van der Waals surface area (Å²) in [7, 11) is 0. The minimum Gasteiger partial charge on any atom is -0.482 e. The standard InChI is InChI=1S/C26H20Br2ClN3O3/c1-15-3-8-23(16(2)9-15)32-24(33)14-35-25-17(11-19(27)12-22(25)28)10-18(13-30)26(34)31-21-6-4-20(29)5-7-21/h3-12H,14H2,1-2H3,(H,31,34)(H,32,33)/b18-10-. The van der Waals surface area contributed by atoms with Crippen LogP contribution < -0.4 is 15.4 Å². The highest BCUT2D eigenvalue weighted by Gasteiger charge is 2.16. The van der Waals surface area contributed by atoms with Crippen LogP contribution >= 0.6 is 43.5 Å². The zero-order valence-corrected chi connectivity index (χ0v) is 22.7. The van der Waals surface area contributed by atoms with Crippen molar-refractivity contribution >= 4 is 72.7 Å². The first-order chi connectivity index (χ1) is 16.7. The Morgan fingerprint density at radius 1 is 1.06 bits per heavy atom. The summed E-state index contributed by atoms with van der Waals surface area (Å²) in [5, 5.41) is 15.6. The molecule has 0 bridgehead atoms. The molecule has 0 heterocycles. The third-order valence-electron chi connectivity index (χ3n) is 4.81. The maximum Gasteiger partial charge on any atom is 0.266 e. The van der Waals surface area contributed by atoms with Gasteiger partial charge in [-0.15, -0.1) is 0 Å². The van der Waals surface area contributed by atoms with Crippen LogP contribution in [-0.4, -0.2) is 18.4 Å². The third kappa shape index (κ3) is 7.43. The molecular formula is C26H20Br2ClN3O3. The van der Waals surface area contributed by atoms with E-state index < -0.39 is 5.91 Å². The number of aryl methyl sites for hydroxylation is 2. The minimum absolute atomic E-state index is 0.144. The Morgan fingerprint density at radius 2 is 1.77 bits per heavy atom. The first kappa shape index (κ1) is 26.5. The van der Waals surface area contributed by atoms with Crippen LogP contribution in [0.3, 0.4) is 0 Å². The van der Waals surface area contributed by atoms with Crippen molar-refractivity contribution in [3.8, 4) is 11.8 Å². The SMILES string of the molecule is Cc1ccc(NC(=O)COc2c(Br)cc(Br)cc2/C=C(/C#N)C(=O)Nc2ccc(Cl)cc2)c(C)c1. The van der Waals surface area contributed by atoms with E-state index in [2.05, 4.69) is 42.5 Å². The summed E-state index contributed by atoms with van der Waals surface area (Å²) in [6.07, 6.45) is 1.40. The molecule has 178 valence electrons. The van der Waals surface area contributed by atoms with E-state index in [4.69, 9.17) is 16.3 Å². The zero-order chi connectivity index (χ0) is 25.5. The molecule has 2 amide bonds. The topological polar surface area (TPSA) is 91.2 Å². The van der Waals surface area contributed by atoms with E-state index in [1.54, 1.807) is 36.4 Å². The van der Waals surface area contributed by atoms with Gasteiger partial charge in [0, 0.05) is 26.4 Å². The fourth-order valence-corrected chi connectivity index (χ4v) is 4.65. The van der Waals surface area contributed by atoms with Gasteiger partial charge in [-0.3, -0.25) is 9.59 Å². The molecule has 0 spiro atoms. The molecule has 0 radical (unpaired) electrons. The van der Waals surface area contributed by atoms with Gasteiger partial charge < -0.3 is 15.4 Å². The predicted molar refractivity (Wildman–Crippen MR) is 146 cm³/mol. The summed E-state index contributed by atoms with van der Waals surface area (Å²) >= 11 is 12.7. The lowest BCUT2D eigenvalue weighted by Crippen LogP contribution is -2.21. The fourth-order valence-electron chi connectivity index (χ4n) is 3.15. The second-order valence-electron chi connectivity index (χ2n) is 7.59. The summed E-state index contributed by atoms with van der Waals surface area (Å²) < 4.78 is 7.04. The number of ether oxygens (including phenoxy) is 1. The van der Waals surface area contributed by atoms with Gasteiger partial charge in [0.2, 0.25) is 0 Å². The van der Waals surface area contributed by atoms with Gasteiger partial charge in [0.1, 0.15) is 17.4 Å². The number of carbonyl (C=O) groups is 2. The first-order valence-corrected chi connectivity index (χ1v) is 12.3. The molecule has 0 unspecified atom stereocenters. The molecule has 0 saturated carbocycles. The van der Waals surface area contributed by atoms with Crippen molar-refractivity contribution in [3.05, 3.63) is 90.8 Å². The average Bonchev–Trinajstić information content (AvgIpc) is 2.80. The van der Waals surface area contributed by atoms with Crippen LogP contribution in [-0.2, 0) is 9.59 Å². The van der Waals surface area contributed by atoms with Crippen LogP contribution in [0.25, 0.3) is 6.08 Å². The number of nitriles is 1. The largest absolute Gasteiger partial charge is 0.482 e. The van der Waals surface area contributed by atoms with Gasteiger partial charge in [-0.1, -0.05) is 45.2 Å². The number of rotatable bonds is 7. The van der Waals surface area contributed by atoms with Gasteiger partial charge in [-0.25, -0.2) is 0 Å². The minimum atomic E-state index is -0.593. The van der Waals surface area contributed by atoms with Gasteiger partial charge >= 0.3 is 0 Å². The number of nitrogens with one attached hydrogen (secondary N) is 2. The molecule has 35 heavy (non-hydrogen) atoms. The Bertz CT molecular complexity index is 1350. The number of nitrogens with zero attached hydrogens (tertiary/aromatic N) is 1. The molecule has 3 rings (SSSR count). The van der Waals surface area contributed by atoms with E-state index in [-0.39, 0.29) is 18.1 Å². The molecule has 0 atom stereocenters. The molecule has 0 fully saturated rings. The van der Waals surface area contributed by atoms with Gasteiger partial charge in [0.15, 0.2) is 6.61 Å². The van der Waals surface area contributed by atoms with Crippen LogP contribution in [0.2, 0.25) is 5.02 Å². The highest BCUT2D eigenvalue weighted by atomic mass is 79.9. The zero-order valence-electron chi connectivity index (χ0n) is 18.8. The average molecular weight is 618 g/mol. The molecule has 6 nitrogen and oxygen atoms in total. The molecule has 0 aliphatic rings. The molecule has 2 N–H and O–H groups in total. The number of benzene rings is 3. The van der Waals surface area contributed by atoms with E-state index in [9.17, 15) is 14.9 Å². The van der Waals surface area contributed by atoms with Crippen molar-refractivity contribution in [2.75, 3.05) is 17.2 Å². The first-order valence-electron chi connectivity index (χ1n) is 10.3. The van der Waals surface area contributed by atoms with Crippen LogP contribution in [0.5, 0.6) is 5.75 Å². The van der Waals surface area contributed by atoms with Gasteiger partial charge in [-0.2, -0.15) is 5.26 Å². The number of hydrogen-bond donors (Lipinski definition) is 2. The molecule has 3 aromatic carbocycles. The number of halogens is 3. The summed E-state index contributed by atoms with van der Waals surface area (Å²) in [5.74, 6) is -0.622. The van der Waals surface area contributed by atoms with E-state index in [1.165, 1.54) is 6.08 Å². The van der Waals surface area contributed by atoms with Crippen LogP contribution in [0.1, 0.15) is 16.7 Å². The van der Waals surface area contributed by atoms with E-state index in [1.807, 2.05) is 38.1 Å². The number of anilines is 2. The molecule has 0 aromatic heterocycles. The Balaban J connectivity index is 1.80. The third-order valence-corrected chi connectivity index (χ3v) is 6.11. The Labute approximate surface area is 225 Å².